The first-order chi connectivity index (χ1) is 11.7. The number of hydrogen-bond donors (Lipinski definition) is 1. The van der Waals surface area contributed by atoms with E-state index in [1.54, 1.807) is 0 Å². The van der Waals surface area contributed by atoms with E-state index in [1.807, 2.05) is 23.6 Å². The lowest BCUT2D eigenvalue weighted by Crippen LogP contribution is -2.41. The molecule has 0 bridgehead atoms. The average molecular weight is 379 g/mol. The minimum absolute atomic E-state index is 0.0131. The number of rotatable bonds is 4. The molecule has 1 aromatic rings. The van der Waals surface area contributed by atoms with Crippen molar-refractivity contribution in [1.82, 2.24) is 15.2 Å². The fourth-order valence-corrected chi connectivity index (χ4v) is 3.02. The van der Waals surface area contributed by atoms with Gasteiger partial charge in [0, 0.05) is 38.4 Å². The Morgan fingerprint density at radius 2 is 2.04 bits per heavy atom. The van der Waals surface area contributed by atoms with E-state index < -0.39 is 11.7 Å². The third kappa shape index (κ3) is 5.74. The molecule has 0 aliphatic carbocycles. The molecule has 1 aromatic heterocycles. The van der Waals surface area contributed by atoms with Crippen molar-refractivity contribution in [3.63, 3.8) is 0 Å². The van der Waals surface area contributed by atoms with Gasteiger partial charge in [-0.1, -0.05) is 11.6 Å². The molecule has 1 aliphatic rings. The number of alkyl halides is 3. The van der Waals surface area contributed by atoms with Crippen molar-refractivity contribution < 1.29 is 18.0 Å². The highest BCUT2D eigenvalue weighted by molar-refractivity contribution is 6.33. The van der Waals surface area contributed by atoms with Crippen LogP contribution in [-0.4, -0.2) is 54.6 Å². The van der Waals surface area contributed by atoms with Crippen LogP contribution in [0.3, 0.4) is 0 Å². The Morgan fingerprint density at radius 1 is 1.32 bits per heavy atom. The summed E-state index contributed by atoms with van der Waals surface area (Å²) in [7, 11) is 0. The van der Waals surface area contributed by atoms with Gasteiger partial charge in [0.25, 0.3) is 0 Å². The lowest BCUT2D eigenvalue weighted by molar-refractivity contribution is -0.137. The maximum atomic E-state index is 12.7. The molecule has 2 rings (SSSR count). The predicted octanol–water partition coefficient (Wildman–Crippen LogP) is 2.79. The second-order valence-corrected chi connectivity index (χ2v) is 6.77. The van der Waals surface area contributed by atoms with Gasteiger partial charge >= 0.3 is 6.18 Å². The van der Waals surface area contributed by atoms with Crippen LogP contribution < -0.4 is 10.2 Å². The third-order valence-electron chi connectivity index (χ3n) is 3.85. The molecule has 0 spiro atoms. The molecule has 0 aromatic carbocycles. The zero-order valence-electron chi connectivity index (χ0n) is 14.2. The van der Waals surface area contributed by atoms with E-state index in [4.69, 9.17) is 11.6 Å². The van der Waals surface area contributed by atoms with E-state index in [1.165, 1.54) is 0 Å². The van der Waals surface area contributed by atoms with E-state index in [9.17, 15) is 18.0 Å². The SMILES string of the molecule is CC(C)NC(=O)CN1CCCN(c2ncc(C(F)(F)F)cc2Cl)CC1. The maximum Gasteiger partial charge on any atom is 0.417 e. The highest BCUT2D eigenvalue weighted by Gasteiger charge is 2.32. The minimum Gasteiger partial charge on any atom is -0.354 e. The summed E-state index contributed by atoms with van der Waals surface area (Å²) in [5.41, 5.74) is -0.858. The molecule has 9 heteroatoms. The molecular formula is C16H22ClF3N4O. The number of anilines is 1. The first-order valence-electron chi connectivity index (χ1n) is 8.16. The van der Waals surface area contributed by atoms with Gasteiger partial charge in [0.05, 0.1) is 17.1 Å². The second-order valence-electron chi connectivity index (χ2n) is 6.37. The molecule has 1 fully saturated rings. The summed E-state index contributed by atoms with van der Waals surface area (Å²) in [5.74, 6) is 0.317. The molecular weight excluding hydrogens is 357 g/mol. The summed E-state index contributed by atoms with van der Waals surface area (Å²) in [6.45, 7) is 6.64. The minimum atomic E-state index is -4.46. The number of nitrogens with zero attached hydrogens (tertiary/aromatic N) is 3. The first-order valence-corrected chi connectivity index (χ1v) is 8.54. The summed E-state index contributed by atoms with van der Waals surface area (Å²) in [5, 5.41) is 2.84. The van der Waals surface area contributed by atoms with Gasteiger partial charge < -0.3 is 10.2 Å². The van der Waals surface area contributed by atoms with Crippen molar-refractivity contribution >= 4 is 23.3 Å². The van der Waals surface area contributed by atoms with Gasteiger partial charge in [-0.05, 0) is 26.3 Å². The van der Waals surface area contributed by atoms with Gasteiger partial charge in [0.1, 0.15) is 5.82 Å². The number of carbonyl (C=O) groups is 1. The largest absolute Gasteiger partial charge is 0.417 e. The van der Waals surface area contributed by atoms with Gasteiger partial charge in [0.2, 0.25) is 5.91 Å². The number of halogens is 4. The van der Waals surface area contributed by atoms with Crippen molar-refractivity contribution in [2.75, 3.05) is 37.6 Å². The monoisotopic (exact) mass is 378 g/mol. The lowest BCUT2D eigenvalue weighted by Gasteiger charge is -2.24. The molecule has 1 aliphatic heterocycles. The molecule has 5 nitrogen and oxygen atoms in total. The van der Waals surface area contributed by atoms with Crippen LogP contribution in [0, 0.1) is 0 Å². The van der Waals surface area contributed by atoms with Gasteiger partial charge in [-0.15, -0.1) is 0 Å². The Labute approximate surface area is 150 Å². The Morgan fingerprint density at radius 3 is 2.64 bits per heavy atom. The van der Waals surface area contributed by atoms with Crippen molar-refractivity contribution in [3.05, 3.63) is 22.8 Å². The van der Waals surface area contributed by atoms with E-state index in [2.05, 4.69) is 10.3 Å². The third-order valence-corrected chi connectivity index (χ3v) is 4.13. The molecule has 0 atom stereocenters. The number of hydrogen-bond acceptors (Lipinski definition) is 4. The Hall–Kier alpha value is -1.54. The lowest BCUT2D eigenvalue weighted by atomic mass is 10.2. The van der Waals surface area contributed by atoms with Gasteiger partial charge in [0.15, 0.2) is 0 Å². The van der Waals surface area contributed by atoms with Crippen molar-refractivity contribution in [3.8, 4) is 0 Å². The Balaban J connectivity index is 2.00. The van der Waals surface area contributed by atoms with Gasteiger partial charge in [-0.2, -0.15) is 13.2 Å². The molecule has 1 amide bonds. The summed E-state index contributed by atoms with van der Waals surface area (Å²) in [4.78, 5) is 19.7. The zero-order valence-corrected chi connectivity index (χ0v) is 15.0. The van der Waals surface area contributed by atoms with Crippen LogP contribution in [0.5, 0.6) is 0 Å². The number of carbonyl (C=O) groups excluding carboxylic acids is 1. The Kier molecular flexibility index (Phi) is 6.51. The molecule has 1 saturated heterocycles. The summed E-state index contributed by atoms with van der Waals surface area (Å²) in [6, 6.07) is 0.994. The standard InChI is InChI=1S/C16H22ClF3N4O/c1-11(2)22-14(25)10-23-4-3-5-24(7-6-23)15-13(17)8-12(9-21-15)16(18,19)20/h8-9,11H,3-7,10H2,1-2H3,(H,22,25). The quantitative estimate of drug-likeness (QED) is 0.875. The smallest absolute Gasteiger partial charge is 0.354 e. The van der Waals surface area contributed by atoms with Crippen molar-refractivity contribution in [2.24, 2.45) is 0 Å². The molecule has 25 heavy (non-hydrogen) atoms. The van der Waals surface area contributed by atoms with Crippen LogP contribution >= 0.6 is 11.6 Å². The van der Waals surface area contributed by atoms with Crippen LogP contribution in [0.4, 0.5) is 19.0 Å². The van der Waals surface area contributed by atoms with E-state index in [0.717, 1.165) is 25.2 Å². The molecule has 1 N–H and O–H groups in total. The van der Waals surface area contributed by atoms with Crippen LogP contribution in [0.2, 0.25) is 5.02 Å². The normalized spacial score (nSPS) is 16.8. The highest BCUT2D eigenvalue weighted by Crippen LogP contribution is 2.33. The van der Waals surface area contributed by atoms with Crippen molar-refractivity contribution in [2.45, 2.75) is 32.5 Å². The van der Waals surface area contributed by atoms with Crippen molar-refractivity contribution in [1.29, 1.82) is 0 Å². The van der Waals surface area contributed by atoms with E-state index >= 15 is 0 Å². The summed E-state index contributed by atoms with van der Waals surface area (Å²) in [6.07, 6.45) is -2.89. The molecule has 0 unspecified atom stereocenters. The molecule has 2 heterocycles. The highest BCUT2D eigenvalue weighted by atomic mass is 35.5. The maximum absolute atomic E-state index is 12.7. The number of nitrogens with one attached hydrogen (secondary N) is 1. The fourth-order valence-electron chi connectivity index (χ4n) is 2.73. The number of pyridine rings is 1. The average Bonchev–Trinajstić information content (AvgIpc) is 2.71. The number of amides is 1. The van der Waals surface area contributed by atoms with Crippen LogP contribution in [0.1, 0.15) is 25.8 Å². The topological polar surface area (TPSA) is 48.5 Å². The second kappa shape index (κ2) is 8.23. The van der Waals surface area contributed by atoms with Gasteiger partial charge in [-0.25, -0.2) is 4.98 Å². The molecule has 140 valence electrons. The fraction of sp³-hybridized carbons (Fsp3) is 0.625. The Bertz CT molecular complexity index is 610. The van der Waals surface area contributed by atoms with Gasteiger partial charge in [-0.3, -0.25) is 9.69 Å². The van der Waals surface area contributed by atoms with E-state index in [-0.39, 0.29) is 17.0 Å². The number of aromatic nitrogens is 1. The van der Waals surface area contributed by atoms with E-state index in [0.29, 0.717) is 32.0 Å². The summed E-state index contributed by atoms with van der Waals surface area (Å²) < 4.78 is 38.1. The predicted molar refractivity (Wildman–Crippen MR) is 90.8 cm³/mol. The summed E-state index contributed by atoms with van der Waals surface area (Å²) >= 11 is 6.02. The van der Waals surface area contributed by atoms with Crippen LogP contribution in [0.15, 0.2) is 12.3 Å². The molecule has 0 saturated carbocycles. The zero-order chi connectivity index (χ0) is 18.6. The first kappa shape index (κ1) is 19.8. The molecule has 0 radical (unpaired) electrons. The van der Waals surface area contributed by atoms with Crippen LogP contribution in [0.25, 0.3) is 0 Å². The van der Waals surface area contributed by atoms with Crippen LogP contribution in [-0.2, 0) is 11.0 Å².